The number of rotatable bonds is 2. The number of nitrogens with one attached hydrogen (secondary N) is 1. The third kappa shape index (κ3) is 1.58. The van der Waals surface area contributed by atoms with E-state index in [0.29, 0.717) is 16.8 Å². The molecule has 0 bridgehead atoms. The predicted molar refractivity (Wildman–Crippen MR) is 63.8 cm³/mol. The molecule has 2 aromatic heterocycles. The molecule has 0 aliphatic carbocycles. The van der Waals surface area contributed by atoms with Crippen molar-refractivity contribution in [3.63, 3.8) is 0 Å². The fourth-order valence-electron chi connectivity index (χ4n) is 1.73. The van der Waals surface area contributed by atoms with Gasteiger partial charge < -0.3 is 0 Å². The molecule has 18 heavy (non-hydrogen) atoms. The van der Waals surface area contributed by atoms with Crippen LogP contribution in [-0.4, -0.2) is 25.1 Å². The molecule has 7 nitrogen and oxygen atoms in total. The molecule has 0 atom stereocenters. The fraction of sp³-hybridized carbons (Fsp3) is 0. The summed E-state index contributed by atoms with van der Waals surface area (Å²) in [5.74, 6) is 0. The second-order valence-electron chi connectivity index (χ2n) is 3.65. The number of H-pyrrole nitrogens is 1. The maximum atomic E-state index is 10.8. The summed E-state index contributed by atoms with van der Waals surface area (Å²) >= 11 is 0. The largest absolute Gasteiger partial charge is 0.277 e. The summed E-state index contributed by atoms with van der Waals surface area (Å²) in [6.45, 7) is 0. The first-order chi connectivity index (χ1) is 8.75. The first-order valence-corrected chi connectivity index (χ1v) is 5.14. The molecule has 0 unspecified atom stereocenters. The van der Waals surface area contributed by atoms with Gasteiger partial charge in [0.2, 0.25) is 0 Å². The van der Waals surface area contributed by atoms with Crippen LogP contribution in [0.2, 0.25) is 0 Å². The van der Waals surface area contributed by atoms with Gasteiger partial charge in [-0.15, -0.1) is 0 Å². The zero-order valence-corrected chi connectivity index (χ0v) is 9.07. The molecule has 0 amide bonds. The van der Waals surface area contributed by atoms with Gasteiger partial charge in [0.25, 0.3) is 5.69 Å². The van der Waals surface area contributed by atoms with E-state index < -0.39 is 4.92 Å². The molecule has 0 aliphatic rings. The average molecular weight is 241 g/mol. The summed E-state index contributed by atoms with van der Waals surface area (Å²) in [6, 6.07) is 4.53. The van der Waals surface area contributed by atoms with Crippen LogP contribution < -0.4 is 0 Å². The molecule has 0 radical (unpaired) electrons. The Kier molecular flexibility index (Phi) is 2.23. The third-order valence-corrected chi connectivity index (χ3v) is 2.56. The van der Waals surface area contributed by atoms with Crippen LogP contribution >= 0.6 is 0 Å². The van der Waals surface area contributed by atoms with E-state index in [4.69, 9.17) is 0 Å². The molecule has 3 rings (SSSR count). The zero-order chi connectivity index (χ0) is 12.5. The van der Waals surface area contributed by atoms with E-state index in [-0.39, 0.29) is 5.69 Å². The number of aromatic amines is 1. The van der Waals surface area contributed by atoms with Gasteiger partial charge in [-0.25, -0.2) is 0 Å². The Morgan fingerprint density at radius 2 is 2.17 bits per heavy atom. The summed E-state index contributed by atoms with van der Waals surface area (Å²) in [6.07, 6.45) is 4.67. The maximum Gasteiger partial charge on any atom is 0.270 e. The molecule has 88 valence electrons. The Morgan fingerprint density at radius 3 is 2.89 bits per heavy atom. The number of non-ortho nitro benzene ring substituents is 1. The van der Waals surface area contributed by atoms with Crippen LogP contribution in [0.4, 0.5) is 5.69 Å². The lowest BCUT2D eigenvalue weighted by Crippen LogP contribution is -1.88. The topological polar surface area (TPSA) is 97.6 Å². The zero-order valence-electron chi connectivity index (χ0n) is 9.07. The number of benzene rings is 1. The molecule has 1 N–H and O–H groups in total. The summed E-state index contributed by atoms with van der Waals surface area (Å²) < 4.78 is 0. The van der Waals surface area contributed by atoms with Gasteiger partial charge in [-0.3, -0.25) is 25.2 Å². The van der Waals surface area contributed by atoms with Crippen LogP contribution in [0.15, 0.2) is 36.8 Å². The Hall–Kier alpha value is -2.83. The van der Waals surface area contributed by atoms with Crippen molar-refractivity contribution in [2.45, 2.75) is 0 Å². The summed E-state index contributed by atoms with van der Waals surface area (Å²) in [7, 11) is 0. The highest BCUT2D eigenvalue weighted by atomic mass is 16.6. The van der Waals surface area contributed by atoms with Crippen LogP contribution in [0.25, 0.3) is 22.3 Å². The second-order valence-corrected chi connectivity index (χ2v) is 3.65. The first-order valence-electron chi connectivity index (χ1n) is 5.14. The highest BCUT2D eigenvalue weighted by Gasteiger charge is 2.13. The average Bonchev–Trinajstić information content (AvgIpc) is 2.82. The summed E-state index contributed by atoms with van der Waals surface area (Å²) in [5.41, 5.74) is 1.88. The summed E-state index contributed by atoms with van der Waals surface area (Å²) in [5, 5.41) is 18.3. The minimum Gasteiger partial charge on any atom is -0.277 e. The molecule has 3 aromatic rings. The molecular weight excluding hydrogens is 234 g/mol. The van der Waals surface area contributed by atoms with Crippen LogP contribution in [0, 0.1) is 10.1 Å². The van der Waals surface area contributed by atoms with E-state index in [2.05, 4.69) is 20.2 Å². The van der Waals surface area contributed by atoms with E-state index in [1.165, 1.54) is 12.1 Å². The van der Waals surface area contributed by atoms with Crippen molar-refractivity contribution in [1.82, 2.24) is 20.2 Å². The quantitative estimate of drug-likeness (QED) is 0.546. The van der Waals surface area contributed by atoms with Crippen molar-refractivity contribution in [2.24, 2.45) is 0 Å². The molecule has 1 aromatic carbocycles. The highest BCUT2D eigenvalue weighted by molar-refractivity contribution is 5.93. The number of hydrogen-bond acceptors (Lipinski definition) is 5. The monoisotopic (exact) mass is 241 g/mol. The van der Waals surface area contributed by atoms with E-state index in [1.54, 1.807) is 24.7 Å². The Balaban J connectivity index is 2.24. The Morgan fingerprint density at radius 1 is 1.28 bits per heavy atom. The molecule has 0 spiro atoms. The minimum absolute atomic E-state index is 0.0223. The number of aromatic nitrogens is 4. The van der Waals surface area contributed by atoms with Crippen LogP contribution in [0.5, 0.6) is 0 Å². The van der Waals surface area contributed by atoms with Gasteiger partial charge in [0, 0.05) is 29.9 Å². The van der Waals surface area contributed by atoms with Crippen molar-refractivity contribution < 1.29 is 4.92 Å². The lowest BCUT2D eigenvalue weighted by Gasteiger charge is -1.95. The van der Waals surface area contributed by atoms with Gasteiger partial charge in [0.05, 0.1) is 16.6 Å². The number of nitro groups is 1. The smallest absolute Gasteiger partial charge is 0.270 e. The number of fused-ring (bicyclic) bond motifs is 1. The van der Waals surface area contributed by atoms with Gasteiger partial charge >= 0.3 is 0 Å². The van der Waals surface area contributed by atoms with Gasteiger partial charge in [0.15, 0.2) is 0 Å². The molecule has 0 saturated heterocycles. The lowest BCUT2D eigenvalue weighted by atomic mass is 10.1. The van der Waals surface area contributed by atoms with E-state index in [0.717, 1.165) is 5.52 Å². The van der Waals surface area contributed by atoms with E-state index >= 15 is 0 Å². The molecule has 7 heteroatoms. The SMILES string of the molecule is O=[N+]([O-])c1ccc2[nH]nc(-c3cnccn3)c2c1. The lowest BCUT2D eigenvalue weighted by molar-refractivity contribution is -0.384. The van der Waals surface area contributed by atoms with Crippen molar-refractivity contribution in [3.8, 4) is 11.4 Å². The van der Waals surface area contributed by atoms with E-state index in [9.17, 15) is 10.1 Å². The molecular formula is C11H7N5O2. The molecule has 2 heterocycles. The number of hydrogen-bond donors (Lipinski definition) is 1. The van der Waals surface area contributed by atoms with E-state index in [1.807, 2.05) is 0 Å². The standard InChI is InChI=1S/C11H7N5O2/c17-16(18)7-1-2-9-8(5-7)11(15-14-9)10-6-12-3-4-13-10/h1-6H,(H,14,15). The van der Waals surface area contributed by atoms with Crippen molar-refractivity contribution in [1.29, 1.82) is 0 Å². The normalized spacial score (nSPS) is 10.7. The Labute approximate surface area is 101 Å². The molecule has 0 saturated carbocycles. The van der Waals surface area contributed by atoms with Gasteiger partial charge in [-0.05, 0) is 6.07 Å². The van der Waals surface area contributed by atoms with Gasteiger partial charge in [-0.2, -0.15) is 5.10 Å². The highest BCUT2D eigenvalue weighted by Crippen LogP contribution is 2.27. The van der Waals surface area contributed by atoms with Crippen LogP contribution in [0.3, 0.4) is 0 Å². The second kappa shape index (κ2) is 3.88. The van der Waals surface area contributed by atoms with Gasteiger partial charge in [0.1, 0.15) is 11.4 Å². The van der Waals surface area contributed by atoms with Gasteiger partial charge in [-0.1, -0.05) is 0 Å². The minimum atomic E-state index is -0.438. The van der Waals surface area contributed by atoms with Crippen molar-refractivity contribution >= 4 is 16.6 Å². The summed E-state index contributed by atoms with van der Waals surface area (Å²) in [4.78, 5) is 18.4. The maximum absolute atomic E-state index is 10.8. The van der Waals surface area contributed by atoms with Crippen LogP contribution in [0.1, 0.15) is 0 Å². The molecule has 0 fully saturated rings. The van der Waals surface area contributed by atoms with Crippen molar-refractivity contribution in [3.05, 3.63) is 46.9 Å². The predicted octanol–water partition coefficient (Wildman–Crippen LogP) is 1.93. The molecule has 0 aliphatic heterocycles. The number of nitrogens with zero attached hydrogens (tertiary/aromatic N) is 4. The fourth-order valence-corrected chi connectivity index (χ4v) is 1.73. The number of nitro benzene ring substituents is 1. The third-order valence-electron chi connectivity index (χ3n) is 2.56. The Bertz CT molecular complexity index is 723. The van der Waals surface area contributed by atoms with Crippen molar-refractivity contribution in [2.75, 3.05) is 0 Å². The van der Waals surface area contributed by atoms with Crippen LogP contribution in [-0.2, 0) is 0 Å². The first kappa shape index (κ1) is 10.3.